The summed E-state index contributed by atoms with van der Waals surface area (Å²) in [7, 11) is 0. The molecule has 0 aromatic heterocycles. The lowest BCUT2D eigenvalue weighted by Crippen LogP contribution is -2.37. The summed E-state index contributed by atoms with van der Waals surface area (Å²) in [6.45, 7) is 3.86. The molecule has 0 saturated carbocycles. The molecule has 68 valence electrons. The largest absolute Gasteiger partial charge is 0.354 e. The van der Waals surface area contributed by atoms with Crippen molar-refractivity contribution >= 4 is 17.7 Å². The molecule has 0 aliphatic rings. The molecule has 0 aliphatic heterocycles. The van der Waals surface area contributed by atoms with E-state index in [1.165, 1.54) is 0 Å². The summed E-state index contributed by atoms with van der Waals surface area (Å²) in [6.07, 6.45) is 1.97. The van der Waals surface area contributed by atoms with Crippen molar-refractivity contribution in [1.82, 2.24) is 5.32 Å². The minimum atomic E-state index is -0.904. The Morgan fingerprint density at radius 3 is 2.67 bits per heavy atom. The molecule has 0 atom stereocenters. The molecule has 1 N–H and O–H groups in total. The SMILES string of the molecule is CSCCNC(=O)C(C)(C)C#N. The molecule has 0 rings (SSSR count). The van der Waals surface area contributed by atoms with Gasteiger partial charge in [0.1, 0.15) is 5.41 Å². The first-order valence-corrected chi connectivity index (χ1v) is 5.12. The molecule has 12 heavy (non-hydrogen) atoms. The highest BCUT2D eigenvalue weighted by molar-refractivity contribution is 7.98. The zero-order chi connectivity index (χ0) is 9.61. The second-order valence-electron chi connectivity index (χ2n) is 2.99. The number of thioether (sulfide) groups is 1. The second-order valence-corrected chi connectivity index (χ2v) is 3.97. The highest BCUT2D eigenvalue weighted by Gasteiger charge is 2.26. The fraction of sp³-hybridized carbons (Fsp3) is 0.750. The third kappa shape index (κ3) is 3.63. The normalized spacial score (nSPS) is 10.5. The van der Waals surface area contributed by atoms with Crippen LogP contribution in [0.1, 0.15) is 13.8 Å². The predicted octanol–water partition coefficient (Wildman–Crippen LogP) is 1.02. The van der Waals surface area contributed by atoms with Gasteiger partial charge in [-0.2, -0.15) is 17.0 Å². The number of carbonyl (C=O) groups excluding carboxylic acids is 1. The molecule has 0 unspecified atom stereocenters. The first-order valence-electron chi connectivity index (χ1n) is 3.73. The number of hydrogen-bond acceptors (Lipinski definition) is 3. The van der Waals surface area contributed by atoms with Crippen LogP contribution in [0.4, 0.5) is 0 Å². The van der Waals surface area contributed by atoms with E-state index in [-0.39, 0.29) is 5.91 Å². The molecule has 0 heterocycles. The molecule has 1 amide bonds. The highest BCUT2D eigenvalue weighted by atomic mass is 32.2. The van der Waals surface area contributed by atoms with Gasteiger partial charge in [0, 0.05) is 12.3 Å². The van der Waals surface area contributed by atoms with Crippen LogP contribution in [0.15, 0.2) is 0 Å². The van der Waals surface area contributed by atoms with Gasteiger partial charge in [-0.3, -0.25) is 4.79 Å². The summed E-state index contributed by atoms with van der Waals surface area (Å²) in [5, 5.41) is 11.3. The van der Waals surface area contributed by atoms with Gasteiger partial charge < -0.3 is 5.32 Å². The van der Waals surface area contributed by atoms with Crippen LogP contribution >= 0.6 is 11.8 Å². The number of nitrogens with one attached hydrogen (secondary N) is 1. The van der Waals surface area contributed by atoms with Gasteiger partial charge in [-0.25, -0.2) is 0 Å². The van der Waals surface area contributed by atoms with E-state index in [1.54, 1.807) is 25.6 Å². The maximum absolute atomic E-state index is 11.2. The average Bonchev–Trinajstić information content (AvgIpc) is 2.05. The zero-order valence-corrected chi connectivity index (χ0v) is 8.49. The van der Waals surface area contributed by atoms with Gasteiger partial charge in [0.15, 0.2) is 0 Å². The Bertz CT molecular complexity index is 196. The molecule has 3 nitrogen and oxygen atoms in total. The summed E-state index contributed by atoms with van der Waals surface area (Å²) in [6, 6.07) is 1.95. The molecule has 0 saturated heterocycles. The van der Waals surface area contributed by atoms with Crippen molar-refractivity contribution in [3.63, 3.8) is 0 Å². The van der Waals surface area contributed by atoms with E-state index in [1.807, 2.05) is 12.3 Å². The van der Waals surface area contributed by atoms with Crippen LogP contribution in [0.5, 0.6) is 0 Å². The maximum Gasteiger partial charge on any atom is 0.239 e. The molecule has 4 heteroatoms. The number of nitrogens with zero attached hydrogens (tertiary/aromatic N) is 1. The van der Waals surface area contributed by atoms with Crippen LogP contribution < -0.4 is 5.32 Å². The van der Waals surface area contributed by atoms with Crippen LogP contribution in [0, 0.1) is 16.7 Å². The molecule has 0 aliphatic carbocycles. The summed E-state index contributed by atoms with van der Waals surface area (Å²) in [5.41, 5.74) is -0.904. The smallest absolute Gasteiger partial charge is 0.239 e. The van der Waals surface area contributed by atoms with Gasteiger partial charge in [-0.15, -0.1) is 0 Å². The quantitative estimate of drug-likeness (QED) is 0.667. The van der Waals surface area contributed by atoms with Gasteiger partial charge in [0.05, 0.1) is 6.07 Å². The van der Waals surface area contributed by atoms with E-state index in [0.717, 1.165) is 5.75 Å². The lowest BCUT2D eigenvalue weighted by Gasteiger charge is -2.14. The molecule has 0 radical (unpaired) electrons. The van der Waals surface area contributed by atoms with Crippen molar-refractivity contribution in [3.05, 3.63) is 0 Å². The molecular formula is C8H14N2OS. The number of amides is 1. The van der Waals surface area contributed by atoms with Crippen molar-refractivity contribution in [2.75, 3.05) is 18.6 Å². The van der Waals surface area contributed by atoms with Crippen LogP contribution in [0.25, 0.3) is 0 Å². The van der Waals surface area contributed by atoms with E-state index >= 15 is 0 Å². The Morgan fingerprint density at radius 2 is 2.25 bits per heavy atom. The van der Waals surface area contributed by atoms with Crippen LogP contribution in [0.3, 0.4) is 0 Å². The Morgan fingerprint density at radius 1 is 1.67 bits per heavy atom. The highest BCUT2D eigenvalue weighted by Crippen LogP contribution is 2.12. The molecule has 0 fully saturated rings. The Balaban J connectivity index is 3.82. The van der Waals surface area contributed by atoms with Gasteiger partial charge >= 0.3 is 0 Å². The molecule has 0 aromatic rings. The van der Waals surface area contributed by atoms with Crippen molar-refractivity contribution in [3.8, 4) is 6.07 Å². The second kappa shape index (κ2) is 5.04. The molecule has 0 spiro atoms. The lowest BCUT2D eigenvalue weighted by molar-refractivity contribution is -0.126. The van der Waals surface area contributed by atoms with Crippen LogP contribution in [-0.4, -0.2) is 24.5 Å². The Hall–Kier alpha value is -0.690. The third-order valence-corrected chi connectivity index (χ3v) is 2.05. The topological polar surface area (TPSA) is 52.9 Å². The first-order chi connectivity index (χ1) is 5.54. The minimum absolute atomic E-state index is 0.195. The number of rotatable bonds is 4. The van der Waals surface area contributed by atoms with Crippen molar-refractivity contribution in [2.45, 2.75) is 13.8 Å². The van der Waals surface area contributed by atoms with Crippen molar-refractivity contribution in [1.29, 1.82) is 5.26 Å². The van der Waals surface area contributed by atoms with E-state index in [9.17, 15) is 4.79 Å². The van der Waals surface area contributed by atoms with Gasteiger partial charge in [0.25, 0.3) is 0 Å². The molecule has 0 bridgehead atoms. The van der Waals surface area contributed by atoms with E-state index in [4.69, 9.17) is 5.26 Å². The van der Waals surface area contributed by atoms with Crippen molar-refractivity contribution in [2.24, 2.45) is 5.41 Å². The fourth-order valence-corrected chi connectivity index (χ4v) is 0.845. The van der Waals surface area contributed by atoms with Gasteiger partial charge in [0.2, 0.25) is 5.91 Å². The van der Waals surface area contributed by atoms with Crippen LogP contribution in [0.2, 0.25) is 0 Å². The fourth-order valence-electron chi connectivity index (χ4n) is 0.538. The van der Waals surface area contributed by atoms with Crippen molar-refractivity contribution < 1.29 is 4.79 Å². The lowest BCUT2D eigenvalue weighted by atomic mass is 9.95. The van der Waals surface area contributed by atoms with Gasteiger partial charge in [-0.05, 0) is 20.1 Å². The summed E-state index contributed by atoms with van der Waals surface area (Å²) >= 11 is 1.66. The average molecular weight is 186 g/mol. The van der Waals surface area contributed by atoms with E-state index in [2.05, 4.69) is 5.32 Å². The monoisotopic (exact) mass is 186 g/mol. The zero-order valence-electron chi connectivity index (χ0n) is 7.68. The summed E-state index contributed by atoms with van der Waals surface area (Å²) in [4.78, 5) is 11.2. The number of hydrogen-bond donors (Lipinski definition) is 1. The number of nitriles is 1. The Labute approximate surface area is 77.5 Å². The minimum Gasteiger partial charge on any atom is -0.354 e. The maximum atomic E-state index is 11.2. The molecular weight excluding hydrogens is 172 g/mol. The van der Waals surface area contributed by atoms with E-state index < -0.39 is 5.41 Å². The third-order valence-electron chi connectivity index (χ3n) is 1.44. The Kier molecular flexibility index (Phi) is 4.75. The summed E-state index contributed by atoms with van der Waals surface area (Å²) < 4.78 is 0. The summed E-state index contributed by atoms with van der Waals surface area (Å²) in [5.74, 6) is 0.687. The standard InChI is InChI=1S/C8H14N2OS/c1-8(2,6-9)7(11)10-4-5-12-3/h4-5H2,1-3H3,(H,10,11). The first kappa shape index (κ1) is 11.3. The predicted molar refractivity (Wildman–Crippen MR) is 50.8 cm³/mol. The van der Waals surface area contributed by atoms with Crippen LogP contribution in [-0.2, 0) is 4.79 Å². The number of carbonyl (C=O) groups is 1. The van der Waals surface area contributed by atoms with Gasteiger partial charge in [-0.1, -0.05) is 0 Å². The van der Waals surface area contributed by atoms with E-state index in [0.29, 0.717) is 6.54 Å². The molecule has 0 aromatic carbocycles.